The van der Waals surface area contributed by atoms with Crippen LogP contribution in [-0.4, -0.2) is 34.7 Å². The number of nitrogens with zero attached hydrogens (tertiary/aromatic N) is 3. The SMILES string of the molecule is CCS(=O)(=O)CCCn1cnc(CN)n1. The van der Waals surface area contributed by atoms with E-state index < -0.39 is 9.84 Å². The first-order valence-electron chi connectivity index (χ1n) is 4.86. The van der Waals surface area contributed by atoms with Crippen LogP contribution in [0.25, 0.3) is 0 Å². The minimum atomic E-state index is -2.87. The first kappa shape index (κ1) is 12.1. The first-order valence-corrected chi connectivity index (χ1v) is 6.68. The molecule has 15 heavy (non-hydrogen) atoms. The Morgan fingerprint density at radius 3 is 2.80 bits per heavy atom. The topological polar surface area (TPSA) is 90.9 Å². The number of aromatic nitrogens is 3. The molecule has 7 heteroatoms. The predicted octanol–water partition coefficient (Wildman–Crippen LogP) is -0.438. The van der Waals surface area contributed by atoms with E-state index in [1.165, 1.54) is 0 Å². The third-order valence-corrected chi connectivity index (χ3v) is 3.84. The second-order valence-corrected chi connectivity index (χ2v) is 5.69. The van der Waals surface area contributed by atoms with E-state index in [-0.39, 0.29) is 11.5 Å². The maximum Gasteiger partial charge on any atom is 0.164 e. The van der Waals surface area contributed by atoms with Crippen LogP contribution in [0.5, 0.6) is 0 Å². The number of aryl methyl sites for hydroxylation is 1. The van der Waals surface area contributed by atoms with Gasteiger partial charge < -0.3 is 5.73 Å². The number of sulfone groups is 1. The lowest BCUT2D eigenvalue weighted by Crippen LogP contribution is -2.11. The Kier molecular flexibility index (Phi) is 4.22. The van der Waals surface area contributed by atoms with E-state index in [9.17, 15) is 8.42 Å². The van der Waals surface area contributed by atoms with Gasteiger partial charge in [-0.2, -0.15) is 5.10 Å². The highest BCUT2D eigenvalue weighted by molar-refractivity contribution is 7.91. The molecular weight excluding hydrogens is 216 g/mol. The maximum absolute atomic E-state index is 11.2. The number of nitrogens with two attached hydrogens (primary N) is 1. The molecule has 0 unspecified atom stereocenters. The van der Waals surface area contributed by atoms with Crippen LogP contribution in [0.1, 0.15) is 19.2 Å². The average Bonchev–Trinajstić information content (AvgIpc) is 2.66. The molecule has 1 aromatic rings. The summed E-state index contributed by atoms with van der Waals surface area (Å²) in [5.41, 5.74) is 5.35. The van der Waals surface area contributed by atoms with Gasteiger partial charge in [-0.1, -0.05) is 6.92 Å². The van der Waals surface area contributed by atoms with Gasteiger partial charge in [0, 0.05) is 12.3 Å². The quantitative estimate of drug-likeness (QED) is 0.718. The zero-order chi connectivity index (χ0) is 11.3. The average molecular weight is 232 g/mol. The largest absolute Gasteiger partial charge is 0.324 e. The zero-order valence-corrected chi connectivity index (χ0v) is 9.57. The van der Waals surface area contributed by atoms with Gasteiger partial charge in [0.05, 0.1) is 12.3 Å². The van der Waals surface area contributed by atoms with E-state index >= 15 is 0 Å². The standard InChI is InChI=1S/C8H16N4O2S/c1-2-15(13,14)5-3-4-12-7-10-8(6-9)11-12/h7H,2-6,9H2,1H3. The van der Waals surface area contributed by atoms with Crippen molar-refractivity contribution in [1.82, 2.24) is 14.8 Å². The fraction of sp³-hybridized carbons (Fsp3) is 0.750. The highest BCUT2D eigenvalue weighted by atomic mass is 32.2. The van der Waals surface area contributed by atoms with Crippen LogP contribution in [-0.2, 0) is 22.9 Å². The van der Waals surface area contributed by atoms with Crippen molar-refractivity contribution < 1.29 is 8.42 Å². The number of hydrogen-bond donors (Lipinski definition) is 1. The van der Waals surface area contributed by atoms with Gasteiger partial charge in [-0.15, -0.1) is 0 Å². The van der Waals surface area contributed by atoms with Gasteiger partial charge in [0.1, 0.15) is 16.2 Å². The Labute approximate surface area is 89.4 Å². The molecule has 0 radical (unpaired) electrons. The first-order chi connectivity index (χ1) is 7.07. The summed E-state index contributed by atoms with van der Waals surface area (Å²) in [6.45, 7) is 2.52. The van der Waals surface area contributed by atoms with Crippen molar-refractivity contribution in [3.05, 3.63) is 12.2 Å². The second-order valence-electron chi connectivity index (χ2n) is 3.22. The van der Waals surface area contributed by atoms with E-state index in [0.717, 1.165) is 0 Å². The minimum Gasteiger partial charge on any atom is -0.324 e. The summed E-state index contributed by atoms with van der Waals surface area (Å²) >= 11 is 0. The van der Waals surface area contributed by atoms with Crippen molar-refractivity contribution in [1.29, 1.82) is 0 Å². The lowest BCUT2D eigenvalue weighted by molar-refractivity contribution is 0.570. The van der Waals surface area contributed by atoms with E-state index in [1.807, 2.05) is 0 Å². The molecule has 0 aromatic carbocycles. The van der Waals surface area contributed by atoms with E-state index in [4.69, 9.17) is 5.73 Å². The molecule has 1 heterocycles. The third-order valence-electron chi connectivity index (χ3n) is 2.05. The summed E-state index contributed by atoms with van der Waals surface area (Å²) in [5, 5.41) is 4.06. The van der Waals surface area contributed by atoms with Gasteiger partial charge in [0.25, 0.3) is 0 Å². The van der Waals surface area contributed by atoms with Crippen molar-refractivity contribution in [3.63, 3.8) is 0 Å². The fourth-order valence-electron chi connectivity index (χ4n) is 1.13. The summed E-state index contributed by atoms with van der Waals surface area (Å²) in [7, 11) is -2.87. The van der Waals surface area contributed by atoms with Crippen LogP contribution in [0.3, 0.4) is 0 Å². The van der Waals surface area contributed by atoms with Crippen molar-refractivity contribution in [3.8, 4) is 0 Å². The van der Waals surface area contributed by atoms with Gasteiger partial charge >= 0.3 is 0 Å². The molecule has 86 valence electrons. The molecule has 0 spiro atoms. The Morgan fingerprint density at radius 1 is 1.53 bits per heavy atom. The summed E-state index contributed by atoms with van der Waals surface area (Å²) in [6, 6.07) is 0. The molecule has 0 aliphatic carbocycles. The van der Waals surface area contributed by atoms with Gasteiger partial charge in [0.15, 0.2) is 5.82 Å². The molecule has 0 bridgehead atoms. The summed E-state index contributed by atoms with van der Waals surface area (Å²) in [4.78, 5) is 3.95. The van der Waals surface area contributed by atoms with Crippen LogP contribution < -0.4 is 5.73 Å². The predicted molar refractivity (Wildman–Crippen MR) is 56.9 cm³/mol. The van der Waals surface area contributed by atoms with Crippen molar-refractivity contribution in [2.75, 3.05) is 11.5 Å². The fourth-order valence-corrected chi connectivity index (χ4v) is 1.98. The van der Waals surface area contributed by atoms with E-state index in [2.05, 4.69) is 10.1 Å². The highest BCUT2D eigenvalue weighted by Gasteiger charge is 2.07. The zero-order valence-electron chi connectivity index (χ0n) is 8.76. The Hall–Kier alpha value is -0.950. The molecule has 0 atom stereocenters. The highest BCUT2D eigenvalue weighted by Crippen LogP contribution is 1.96. The molecule has 6 nitrogen and oxygen atoms in total. The van der Waals surface area contributed by atoms with Gasteiger partial charge in [-0.3, -0.25) is 4.68 Å². The summed E-state index contributed by atoms with van der Waals surface area (Å²) in [6.07, 6.45) is 2.13. The smallest absolute Gasteiger partial charge is 0.164 e. The Morgan fingerprint density at radius 2 is 2.27 bits per heavy atom. The van der Waals surface area contributed by atoms with Crippen LogP contribution >= 0.6 is 0 Å². The molecule has 2 N–H and O–H groups in total. The minimum absolute atomic E-state index is 0.193. The summed E-state index contributed by atoms with van der Waals surface area (Å²) < 4.78 is 24.0. The number of hydrogen-bond acceptors (Lipinski definition) is 5. The Bertz CT molecular complexity index is 399. The molecule has 1 rings (SSSR count). The maximum atomic E-state index is 11.2. The third kappa shape index (κ3) is 3.96. The molecule has 0 aliphatic heterocycles. The molecule has 0 fully saturated rings. The lowest BCUT2D eigenvalue weighted by Gasteiger charge is -2.01. The van der Waals surface area contributed by atoms with Crippen LogP contribution in [0, 0.1) is 0 Å². The molecule has 0 amide bonds. The van der Waals surface area contributed by atoms with Gasteiger partial charge in [-0.05, 0) is 6.42 Å². The van der Waals surface area contributed by atoms with Crippen LogP contribution in [0.4, 0.5) is 0 Å². The molecule has 0 aliphatic rings. The van der Waals surface area contributed by atoms with Gasteiger partial charge in [0.2, 0.25) is 0 Å². The monoisotopic (exact) mass is 232 g/mol. The normalized spacial score (nSPS) is 11.9. The second kappa shape index (κ2) is 5.22. The molecule has 0 saturated carbocycles. The van der Waals surface area contributed by atoms with Crippen molar-refractivity contribution >= 4 is 9.84 Å². The van der Waals surface area contributed by atoms with Gasteiger partial charge in [-0.25, -0.2) is 13.4 Å². The summed E-state index contributed by atoms with van der Waals surface area (Å²) in [5.74, 6) is 0.966. The van der Waals surface area contributed by atoms with Crippen molar-refractivity contribution in [2.24, 2.45) is 5.73 Å². The Balaban J connectivity index is 2.38. The van der Waals surface area contributed by atoms with Crippen LogP contribution in [0.2, 0.25) is 0 Å². The van der Waals surface area contributed by atoms with E-state index in [1.54, 1.807) is 17.9 Å². The lowest BCUT2D eigenvalue weighted by atomic mass is 10.5. The molecule has 0 saturated heterocycles. The van der Waals surface area contributed by atoms with E-state index in [0.29, 0.717) is 25.3 Å². The number of rotatable bonds is 6. The molecule has 1 aromatic heterocycles. The van der Waals surface area contributed by atoms with Crippen molar-refractivity contribution in [2.45, 2.75) is 26.4 Å². The van der Waals surface area contributed by atoms with Crippen LogP contribution in [0.15, 0.2) is 6.33 Å². The molecular formula is C8H16N4O2S.